The van der Waals surface area contributed by atoms with Gasteiger partial charge in [0.05, 0.1) is 24.7 Å². The first-order chi connectivity index (χ1) is 15.3. The summed E-state index contributed by atoms with van der Waals surface area (Å²) in [6, 6.07) is 9.31. The van der Waals surface area contributed by atoms with Crippen molar-refractivity contribution in [3.05, 3.63) is 58.0 Å². The summed E-state index contributed by atoms with van der Waals surface area (Å²) in [5.74, 6) is 0.328. The summed E-state index contributed by atoms with van der Waals surface area (Å²) < 4.78 is 39.6. The monoisotopic (exact) mass is 461 g/mol. The van der Waals surface area contributed by atoms with E-state index in [9.17, 15) is 18.0 Å². The van der Waals surface area contributed by atoms with Crippen LogP contribution in [0.15, 0.2) is 46.1 Å². The van der Waals surface area contributed by atoms with Gasteiger partial charge in [-0.15, -0.1) is 0 Å². The fourth-order valence-electron chi connectivity index (χ4n) is 3.89. The number of rotatable bonds is 5. The van der Waals surface area contributed by atoms with Crippen LogP contribution in [0.1, 0.15) is 22.5 Å². The molecular weight excluding hydrogens is 434 g/mol. The number of morpholine rings is 1. The van der Waals surface area contributed by atoms with Crippen molar-refractivity contribution in [3.63, 3.8) is 0 Å². The van der Waals surface area contributed by atoms with Gasteiger partial charge in [-0.25, -0.2) is 8.42 Å². The Hall–Kier alpha value is -2.69. The summed E-state index contributed by atoms with van der Waals surface area (Å²) in [5, 5.41) is 0. The number of hydrogen-bond donors (Lipinski definition) is 0. The summed E-state index contributed by atoms with van der Waals surface area (Å²) in [6.07, 6.45) is 0.454. The Morgan fingerprint density at radius 3 is 2.44 bits per heavy atom. The first kappa shape index (κ1) is 22.5. The lowest BCUT2D eigenvalue weighted by atomic mass is 10.2. The van der Waals surface area contributed by atoms with E-state index in [0.717, 1.165) is 5.69 Å². The number of carbonyl (C=O) groups excluding carboxylic acids is 1. The molecule has 9 nitrogen and oxygen atoms in total. The fraction of sp³-hybridized carbons (Fsp3) is 0.455. The van der Waals surface area contributed by atoms with Gasteiger partial charge in [0.25, 0.3) is 11.5 Å². The number of likely N-dealkylation sites (tertiary alicyclic amines) is 1. The molecule has 0 N–H and O–H groups in total. The lowest BCUT2D eigenvalue weighted by molar-refractivity contribution is 0.0730. The van der Waals surface area contributed by atoms with Crippen LogP contribution in [0.25, 0.3) is 0 Å². The van der Waals surface area contributed by atoms with Gasteiger partial charge < -0.3 is 18.9 Å². The molecule has 2 aromatic rings. The van der Waals surface area contributed by atoms with E-state index in [2.05, 4.69) is 0 Å². The molecule has 1 unspecified atom stereocenters. The number of aryl methyl sites for hydroxylation is 1. The zero-order valence-electron chi connectivity index (χ0n) is 18.2. The van der Waals surface area contributed by atoms with Crippen LogP contribution in [0.3, 0.4) is 0 Å². The van der Waals surface area contributed by atoms with Gasteiger partial charge in [0, 0.05) is 50.4 Å². The maximum absolute atomic E-state index is 12.9. The molecule has 1 amide bonds. The predicted octanol–water partition coefficient (Wildman–Crippen LogP) is 1.01. The molecule has 2 aliphatic heterocycles. The first-order valence-electron chi connectivity index (χ1n) is 10.6. The Kier molecular flexibility index (Phi) is 6.36. The van der Waals surface area contributed by atoms with Crippen molar-refractivity contribution in [2.45, 2.75) is 24.3 Å². The molecule has 0 radical (unpaired) electrons. The molecule has 2 saturated heterocycles. The largest absolute Gasteiger partial charge is 0.488 e. The number of benzene rings is 1. The zero-order chi connectivity index (χ0) is 22.9. The average molecular weight is 462 g/mol. The van der Waals surface area contributed by atoms with Gasteiger partial charge in [0.15, 0.2) is 0 Å². The maximum atomic E-state index is 12.9. The van der Waals surface area contributed by atoms with Crippen molar-refractivity contribution in [1.82, 2.24) is 13.8 Å². The third-order valence-corrected chi connectivity index (χ3v) is 7.83. The third kappa shape index (κ3) is 4.57. The molecule has 1 aromatic carbocycles. The van der Waals surface area contributed by atoms with Gasteiger partial charge in [0.2, 0.25) is 10.0 Å². The summed E-state index contributed by atoms with van der Waals surface area (Å²) in [4.78, 5) is 26.7. The quantitative estimate of drug-likeness (QED) is 0.659. The van der Waals surface area contributed by atoms with Crippen molar-refractivity contribution < 1.29 is 22.7 Å². The Labute approximate surface area is 187 Å². The Morgan fingerprint density at radius 1 is 1.09 bits per heavy atom. The summed E-state index contributed by atoms with van der Waals surface area (Å²) in [6.45, 7) is 4.18. The molecule has 2 fully saturated rings. The highest BCUT2D eigenvalue weighted by molar-refractivity contribution is 7.89. The number of ether oxygens (including phenoxy) is 2. The van der Waals surface area contributed by atoms with Gasteiger partial charge in [-0.05, 0) is 37.3 Å². The van der Waals surface area contributed by atoms with E-state index in [-0.39, 0.29) is 22.5 Å². The van der Waals surface area contributed by atoms with Crippen molar-refractivity contribution in [1.29, 1.82) is 0 Å². The normalized spacial score (nSPS) is 19.8. The molecule has 0 bridgehead atoms. The molecule has 4 rings (SSSR count). The second-order valence-corrected chi connectivity index (χ2v) is 9.99. The van der Waals surface area contributed by atoms with Crippen LogP contribution in [0, 0.1) is 6.92 Å². The van der Waals surface area contributed by atoms with Crippen LogP contribution in [0.5, 0.6) is 5.75 Å². The summed E-state index contributed by atoms with van der Waals surface area (Å²) in [5.41, 5.74) is 1.08. The lowest BCUT2D eigenvalue weighted by Gasteiger charge is -2.26. The Bertz CT molecular complexity index is 1150. The number of carbonyl (C=O) groups is 1. The van der Waals surface area contributed by atoms with Crippen LogP contribution >= 0.6 is 0 Å². The summed E-state index contributed by atoms with van der Waals surface area (Å²) in [7, 11) is -1.89. The van der Waals surface area contributed by atoms with Crippen LogP contribution in [0.2, 0.25) is 0 Å². The molecule has 0 saturated carbocycles. The van der Waals surface area contributed by atoms with E-state index < -0.39 is 10.0 Å². The Morgan fingerprint density at radius 2 is 1.78 bits per heavy atom. The van der Waals surface area contributed by atoms with Crippen molar-refractivity contribution in [2.75, 3.05) is 39.4 Å². The third-order valence-electron chi connectivity index (χ3n) is 5.92. The maximum Gasteiger partial charge on any atom is 0.254 e. The van der Waals surface area contributed by atoms with E-state index in [0.29, 0.717) is 57.1 Å². The SMILES string of the molecule is Cc1cc(OC2CCN(C(=O)c3ccc(S(=O)(=O)N4CCOCC4)cc3)C2)cc(=O)n1C. The van der Waals surface area contributed by atoms with Gasteiger partial charge in [0.1, 0.15) is 11.9 Å². The molecular formula is C22H27N3O6S. The van der Waals surface area contributed by atoms with Crippen molar-refractivity contribution in [3.8, 4) is 5.75 Å². The number of aromatic nitrogens is 1. The Balaban J connectivity index is 1.40. The second-order valence-electron chi connectivity index (χ2n) is 8.05. The van der Waals surface area contributed by atoms with E-state index in [1.807, 2.05) is 6.92 Å². The highest BCUT2D eigenvalue weighted by Gasteiger charge is 2.30. The van der Waals surface area contributed by atoms with Crippen LogP contribution < -0.4 is 10.3 Å². The number of hydrogen-bond acceptors (Lipinski definition) is 6. The smallest absolute Gasteiger partial charge is 0.254 e. The van der Waals surface area contributed by atoms with E-state index in [1.54, 1.807) is 34.7 Å². The van der Waals surface area contributed by atoms with Gasteiger partial charge in [-0.1, -0.05) is 0 Å². The number of sulfonamides is 1. The zero-order valence-corrected chi connectivity index (χ0v) is 19.0. The molecule has 0 spiro atoms. The molecule has 2 aliphatic rings. The first-order valence-corrected chi connectivity index (χ1v) is 12.0. The molecule has 1 atom stereocenters. The molecule has 172 valence electrons. The average Bonchev–Trinajstić information content (AvgIpc) is 3.26. The second kappa shape index (κ2) is 9.05. The van der Waals surface area contributed by atoms with E-state index in [1.165, 1.54) is 22.5 Å². The highest BCUT2D eigenvalue weighted by atomic mass is 32.2. The summed E-state index contributed by atoms with van der Waals surface area (Å²) >= 11 is 0. The fourth-order valence-corrected chi connectivity index (χ4v) is 5.30. The molecule has 32 heavy (non-hydrogen) atoms. The van der Waals surface area contributed by atoms with Crippen LogP contribution in [-0.2, 0) is 21.8 Å². The standard InChI is InChI=1S/C22H27N3O6S/c1-16-13-19(14-21(26)23(16)2)31-18-7-8-24(15-18)22(27)17-3-5-20(6-4-17)32(28,29)25-9-11-30-12-10-25/h3-6,13-14,18H,7-12,15H2,1-2H3. The number of nitrogens with zero attached hydrogens (tertiary/aromatic N) is 3. The minimum Gasteiger partial charge on any atom is -0.488 e. The predicted molar refractivity (Wildman–Crippen MR) is 117 cm³/mol. The molecule has 1 aromatic heterocycles. The van der Waals surface area contributed by atoms with Crippen molar-refractivity contribution in [2.24, 2.45) is 7.05 Å². The minimum atomic E-state index is -3.60. The van der Waals surface area contributed by atoms with Crippen molar-refractivity contribution >= 4 is 15.9 Å². The van der Waals surface area contributed by atoms with E-state index >= 15 is 0 Å². The lowest BCUT2D eigenvalue weighted by Crippen LogP contribution is -2.40. The molecule has 0 aliphatic carbocycles. The highest BCUT2D eigenvalue weighted by Crippen LogP contribution is 2.22. The number of amides is 1. The van der Waals surface area contributed by atoms with Gasteiger partial charge in [-0.2, -0.15) is 4.31 Å². The van der Waals surface area contributed by atoms with Gasteiger partial charge >= 0.3 is 0 Å². The molecule has 10 heteroatoms. The van der Waals surface area contributed by atoms with E-state index in [4.69, 9.17) is 9.47 Å². The van der Waals surface area contributed by atoms with Gasteiger partial charge in [-0.3, -0.25) is 9.59 Å². The minimum absolute atomic E-state index is 0.141. The topological polar surface area (TPSA) is 98.2 Å². The number of pyridine rings is 1. The van der Waals surface area contributed by atoms with Crippen LogP contribution in [0.4, 0.5) is 0 Å². The van der Waals surface area contributed by atoms with Crippen LogP contribution in [-0.4, -0.2) is 73.6 Å². The molecule has 3 heterocycles.